The normalized spacial score (nSPS) is 10.4. The summed E-state index contributed by atoms with van der Waals surface area (Å²) in [5.74, 6) is 0. The summed E-state index contributed by atoms with van der Waals surface area (Å²) >= 11 is 0. The molecule has 88 valence electrons. The standard InChI is InChI=1S/C14H16N2O/c15-12-3-1-10(2-4-12)14-6-5-13(16)9-11(14)7-8-17/h1-6,9,17H,7-8,15-16H2. The van der Waals surface area contributed by atoms with Gasteiger partial charge in [-0.2, -0.15) is 0 Å². The van der Waals surface area contributed by atoms with Crippen LogP contribution in [-0.4, -0.2) is 11.7 Å². The Morgan fingerprint density at radius 1 is 0.882 bits per heavy atom. The first-order valence-electron chi connectivity index (χ1n) is 5.56. The maximum Gasteiger partial charge on any atom is 0.0471 e. The molecule has 0 saturated heterocycles. The maximum atomic E-state index is 9.07. The van der Waals surface area contributed by atoms with E-state index < -0.39 is 0 Å². The van der Waals surface area contributed by atoms with Crippen molar-refractivity contribution in [2.45, 2.75) is 6.42 Å². The Labute approximate surface area is 101 Å². The van der Waals surface area contributed by atoms with Crippen molar-refractivity contribution in [3.05, 3.63) is 48.0 Å². The van der Waals surface area contributed by atoms with Crippen molar-refractivity contribution in [3.8, 4) is 11.1 Å². The van der Waals surface area contributed by atoms with E-state index in [4.69, 9.17) is 16.6 Å². The SMILES string of the molecule is Nc1ccc(-c2ccc(N)cc2CCO)cc1. The molecule has 0 aromatic heterocycles. The molecule has 2 aromatic carbocycles. The Kier molecular flexibility index (Phi) is 3.30. The Bertz CT molecular complexity index is 506. The van der Waals surface area contributed by atoms with Gasteiger partial charge < -0.3 is 16.6 Å². The van der Waals surface area contributed by atoms with Crippen LogP contribution in [0.5, 0.6) is 0 Å². The lowest BCUT2D eigenvalue weighted by atomic mass is 9.97. The van der Waals surface area contributed by atoms with Gasteiger partial charge in [0.25, 0.3) is 0 Å². The number of aliphatic hydroxyl groups is 1. The summed E-state index contributed by atoms with van der Waals surface area (Å²) in [5, 5.41) is 9.07. The van der Waals surface area contributed by atoms with Crippen molar-refractivity contribution < 1.29 is 5.11 Å². The average Bonchev–Trinajstić information content (AvgIpc) is 2.31. The van der Waals surface area contributed by atoms with Gasteiger partial charge in [0.05, 0.1) is 0 Å². The number of benzene rings is 2. The van der Waals surface area contributed by atoms with Crippen LogP contribution < -0.4 is 11.5 Å². The van der Waals surface area contributed by atoms with Crippen LogP contribution in [0.3, 0.4) is 0 Å². The van der Waals surface area contributed by atoms with Gasteiger partial charge in [0, 0.05) is 18.0 Å². The molecule has 0 aliphatic rings. The van der Waals surface area contributed by atoms with Gasteiger partial charge in [-0.1, -0.05) is 18.2 Å². The first kappa shape index (κ1) is 11.5. The quantitative estimate of drug-likeness (QED) is 0.704. The van der Waals surface area contributed by atoms with Crippen LogP contribution in [0, 0.1) is 0 Å². The van der Waals surface area contributed by atoms with E-state index in [-0.39, 0.29) is 6.61 Å². The number of rotatable bonds is 3. The highest BCUT2D eigenvalue weighted by atomic mass is 16.2. The third-order valence-electron chi connectivity index (χ3n) is 2.73. The molecule has 0 atom stereocenters. The number of anilines is 2. The summed E-state index contributed by atoms with van der Waals surface area (Å²) < 4.78 is 0. The topological polar surface area (TPSA) is 72.3 Å². The van der Waals surface area contributed by atoms with Gasteiger partial charge in [-0.15, -0.1) is 0 Å². The maximum absolute atomic E-state index is 9.07. The second-order valence-corrected chi connectivity index (χ2v) is 4.01. The molecule has 5 N–H and O–H groups in total. The molecule has 0 heterocycles. The van der Waals surface area contributed by atoms with Gasteiger partial charge in [-0.25, -0.2) is 0 Å². The summed E-state index contributed by atoms with van der Waals surface area (Å²) in [4.78, 5) is 0. The third kappa shape index (κ3) is 2.57. The largest absolute Gasteiger partial charge is 0.399 e. The number of aliphatic hydroxyl groups excluding tert-OH is 1. The van der Waals surface area contributed by atoms with E-state index in [0.29, 0.717) is 12.1 Å². The third-order valence-corrected chi connectivity index (χ3v) is 2.73. The van der Waals surface area contributed by atoms with Crippen molar-refractivity contribution in [2.24, 2.45) is 0 Å². The molecule has 0 unspecified atom stereocenters. The van der Waals surface area contributed by atoms with Crippen LogP contribution in [0.1, 0.15) is 5.56 Å². The highest BCUT2D eigenvalue weighted by Crippen LogP contribution is 2.26. The molecule has 0 saturated carbocycles. The minimum atomic E-state index is 0.116. The lowest BCUT2D eigenvalue weighted by Gasteiger charge is -2.10. The molecule has 3 nitrogen and oxygen atoms in total. The predicted molar refractivity (Wildman–Crippen MR) is 71.5 cm³/mol. The fraction of sp³-hybridized carbons (Fsp3) is 0.143. The molecule has 0 spiro atoms. The fourth-order valence-corrected chi connectivity index (χ4v) is 1.89. The van der Waals surface area contributed by atoms with Gasteiger partial charge in [0.15, 0.2) is 0 Å². The van der Waals surface area contributed by atoms with E-state index in [1.807, 2.05) is 42.5 Å². The summed E-state index contributed by atoms with van der Waals surface area (Å²) in [7, 11) is 0. The van der Waals surface area contributed by atoms with Crippen molar-refractivity contribution >= 4 is 11.4 Å². The van der Waals surface area contributed by atoms with Gasteiger partial charge in [0.2, 0.25) is 0 Å². The number of hydrogen-bond donors (Lipinski definition) is 3. The van der Waals surface area contributed by atoms with Crippen LogP contribution >= 0.6 is 0 Å². The zero-order valence-electron chi connectivity index (χ0n) is 9.56. The monoisotopic (exact) mass is 228 g/mol. The molecule has 0 aliphatic heterocycles. The van der Waals surface area contributed by atoms with Crippen LogP contribution in [0.4, 0.5) is 11.4 Å². The molecule has 3 heteroatoms. The molecular weight excluding hydrogens is 212 g/mol. The number of hydrogen-bond acceptors (Lipinski definition) is 3. The van der Waals surface area contributed by atoms with Crippen molar-refractivity contribution in [3.63, 3.8) is 0 Å². The molecule has 0 amide bonds. The van der Waals surface area contributed by atoms with E-state index in [1.54, 1.807) is 0 Å². The minimum Gasteiger partial charge on any atom is -0.399 e. The average molecular weight is 228 g/mol. The van der Waals surface area contributed by atoms with E-state index in [9.17, 15) is 0 Å². The van der Waals surface area contributed by atoms with Crippen molar-refractivity contribution in [1.82, 2.24) is 0 Å². The second-order valence-electron chi connectivity index (χ2n) is 4.01. The fourth-order valence-electron chi connectivity index (χ4n) is 1.89. The number of nitrogens with two attached hydrogens (primary N) is 2. The Morgan fingerprint density at radius 2 is 1.53 bits per heavy atom. The van der Waals surface area contributed by atoms with E-state index in [0.717, 1.165) is 22.4 Å². The molecule has 0 fully saturated rings. The summed E-state index contributed by atoms with van der Waals surface area (Å²) in [6, 6.07) is 13.4. The van der Waals surface area contributed by atoms with Gasteiger partial charge >= 0.3 is 0 Å². The van der Waals surface area contributed by atoms with Crippen molar-refractivity contribution in [2.75, 3.05) is 18.1 Å². The number of nitrogen functional groups attached to an aromatic ring is 2. The Hall–Kier alpha value is -2.00. The molecule has 0 radical (unpaired) electrons. The molecule has 2 rings (SSSR count). The zero-order valence-corrected chi connectivity index (χ0v) is 9.56. The second kappa shape index (κ2) is 4.89. The molecule has 0 aliphatic carbocycles. The molecular formula is C14H16N2O. The zero-order chi connectivity index (χ0) is 12.3. The molecule has 0 bridgehead atoms. The lowest BCUT2D eigenvalue weighted by molar-refractivity contribution is 0.300. The van der Waals surface area contributed by atoms with E-state index in [1.165, 1.54) is 0 Å². The van der Waals surface area contributed by atoms with E-state index >= 15 is 0 Å². The highest BCUT2D eigenvalue weighted by Gasteiger charge is 2.05. The Balaban J connectivity index is 2.46. The smallest absolute Gasteiger partial charge is 0.0471 e. The van der Waals surface area contributed by atoms with Crippen LogP contribution in [0.25, 0.3) is 11.1 Å². The van der Waals surface area contributed by atoms with E-state index in [2.05, 4.69) is 0 Å². The predicted octanol–water partition coefficient (Wildman–Crippen LogP) is 2.05. The molecule has 2 aromatic rings. The summed E-state index contributed by atoms with van der Waals surface area (Å²) in [5.41, 5.74) is 16.1. The van der Waals surface area contributed by atoms with Crippen LogP contribution in [-0.2, 0) is 6.42 Å². The minimum absolute atomic E-state index is 0.116. The summed E-state index contributed by atoms with van der Waals surface area (Å²) in [6.07, 6.45) is 0.602. The van der Waals surface area contributed by atoms with Gasteiger partial charge in [0.1, 0.15) is 0 Å². The van der Waals surface area contributed by atoms with Crippen LogP contribution in [0.2, 0.25) is 0 Å². The van der Waals surface area contributed by atoms with Crippen LogP contribution in [0.15, 0.2) is 42.5 Å². The first-order chi connectivity index (χ1) is 8.20. The lowest BCUT2D eigenvalue weighted by Crippen LogP contribution is -1.97. The Morgan fingerprint density at radius 3 is 2.18 bits per heavy atom. The molecule has 17 heavy (non-hydrogen) atoms. The van der Waals surface area contributed by atoms with Gasteiger partial charge in [-0.05, 0) is 47.4 Å². The summed E-state index contributed by atoms with van der Waals surface area (Å²) in [6.45, 7) is 0.116. The first-order valence-corrected chi connectivity index (χ1v) is 5.56. The van der Waals surface area contributed by atoms with Gasteiger partial charge in [-0.3, -0.25) is 0 Å². The van der Waals surface area contributed by atoms with Crippen molar-refractivity contribution in [1.29, 1.82) is 0 Å². The highest BCUT2D eigenvalue weighted by molar-refractivity contribution is 5.71.